The number of carbonyl (C=O) groups is 6. The van der Waals surface area contributed by atoms with Crippen LogP contribution in [-0.4, -0.2) is 45.2 Å². The molecule has 0 fully saturated rings. The van der Waals surface area contributed by atoms with Crippen molar-refractivity contribution in [3.63, 3.8) is 0 Å². The van der Waals surface area contributed by atoms with Crippen LogP contribution in [0.2, 0.25) is 0 Å². The van der Waals surface area contributed by atoms with Crippen molar-refractivity contribution >= 4 is 56.8 Å². The molecule has 54 heavy (non-hydrogen) atoms. The van der Waals surface area contributed by atoms with Crippen molar-refractivity contribution in [3.8, 4) is 22.5 Å². The largest absolute Gasteiger partial charge is 3.00 e. The molecule has 6 rings (SSSR count). The quantitative estimate of drug-likeness (QED) is 0.201. The molecule has 6 aromatic rings. The number of carbonyl (C=O) groups excluding carboxylic acids is 6. The van der Waals surface area contributed by atoms with Gasteiger partial charge in [-0.05, 0) is 78.7 Å². The SMILES string of the molecule is CC(=O)CC(=O)[O-].CC(=O)CC(=O)[O-].CC(=O)CC(=O)[O-].[Ir+3].c1ccc(-c2ccc3ccccc3c2)nc1.c1ccc(-c2ccc3ccccc3c2)nc1. The first-order valence-electron chi connectivity index (χ1n) is 16.1. The zero-order valence-electron chi connectivity index (χ0n) is 29.7. The minimum absolute atomic E-state index is 0. The van der Waals surface area contributed by atoms with Gasteiger partial charge in [0.15, 0.2) is 0 Å². The summed E-state index contributed by atoms with van der Waals surface area (Å²) in [5.74, 6) is -5.06. The number of benzene rings is 4. The topological polar surface area (TPSA) is 197 Å². The number of nitrogens with zero attached hydrogens (tertiary/aromatic N) is 2. The zero-order chi connectivity index (χ0) is 39.2. The second-order valence-corrected chi connectivity index (χ2v) is 11.3. The molecule has 0 saturated heterocycles. The standard InChI is InChI=1S/2C15H11N.3C4H6O3.Ir/c2*1-2-6-13-11-14(9-8-12(13)5-1)15-7-3-4-10-16-15;3*1-3(5)2-4(6)7;/h2*1-11H;3*2H2,1H3,(H,6,7);/q;;;;;+3/p-3. The molecule has 0 atom stereocenters. The predicted molar refractivity (Wildman–Crippen MR) is 195 cm³/mol. The van der Waals surface area contributed by atoms with Crippen LogP contribution in [0.1, 0.15) is 40.0 Å². The van der Waals surface area contributed by atoms with Crippen LogP contribution < -0.4 is 15.3 Å². The van der Waals surface area contributed by atoms with E-state index in [-0.39, 0.29) is 37.5 Å². The Morgan fingerprint density at radius 2 is 0.722 bits per heavy atom. The normalized spacial score (nSPS) is 9.39. The van der Waals surface area contributed by atoms with E-state index in [1.807, 2.05) is 48.8 Å². The Bertz CT molecular complexity index is 1930. The van der Waals surface area contributed by atoms with E-state index in [0.717, 1.165) is 11.4 Å². The molecule has 0 saturated carbocycles. The van der Waals surface area contributed by atoms with Crippen LogP contribution in [0.25, 0.3) is 44.1 Å². The van der Waals surface area contributed by atoms with E-state index in [9.17, 15) is 44.1 Å². The number of aliphatic carboxylic acids is 3. The zero-order valence-corrected chi connectivity index (χ0v) is 32.1. The average Bonchev–Trinajstić information content (AvgIpc) is 3.11. The summed E-state index contributed by atoms with van der Waals surface area (Å²) in [5.41, 5.74) is 4.38. The number of fused-ring (bicyclic) bond motifs is 2. The summed E-state index contributed by atoms with van der Waals surface area (Å²) in [4.78, 5) is 66.6. The van der Waals surface area contributed by atoms with Gasteiger partial charge in [0.05, 0.1) is 11.4 Å². The first kappa shape index (κ1) is 45.8. The van der Waals surface area contributed by atoms with E-state index >= 15 is 0 Å². The Hall–Kier alpha value is -6.23. The first-order chi connectivity index (χ1) is 25.2. The third kappa shape index (κ3) is 18.8. The van der Waals surface area contributed by atoms with Crippen molar-refractivity contribution in [2.45, 2.75) is 40.0 Å². The van der Waals surface area contributed by atoms with Gasteiger partial charge in [-0.15, -0.1) is 0 Å². The predicted octanol–water partition coefficient (Wildman–Crippen LogP) is 3.95. The number of pyridine rings is 2. The molecule has 0 aliphatic carbocycles. The number of ketones is 3. The number of Topliss-reactive ketones (excluding diaryl/α,β-unsaturated/α-hetero) is 3. The Labute approximate surface area is 326 Å². The number of aromatic nitrogens is 2. The van der Waals surface area contributed by atoms with Gasteiger partial charge in [0.1, 0.15) is 17.3 Å². The minimum Gasteiger partial charge on any atom is -0.550 e. The Morgan fingerprint density at radius 3 is 0.963 bits per heavy atom. The molecule has 0 amide bonds. The molecule has 4 aromatic carbocycles. The second kappa shape index (κ2) is 24.9. The smallest absolute Gasteiger partial charge is 0.550 e. The molecule has 12 heteroatoms. The van der Waals surface area contributed by atoms with E-state index in [2.05, 4.69) is 94.9 Å². The fourth-order valence-corrected chi connectivity index (χ4v) is 4.37. The molecule has 0 spiro atoms. The second-order valence-electron chi connectivity index (χ2n) is 11.3. The molecular weight excluding hydrogens is 869 g/mol. The van der Waals surface area contributed by atoms with Gasteiger partial charge < -0.3 is 29.7 Å². The maximum Gasteiger partial charge on any atom is 3.00 e. The van der Waals surface area contributed by atoms with Crippen LogP contribution in [0.3, 0.4) is 0 Å². The van der Waals surface area contributed by atoms with E-state index in [1.165, 1.54) is 53.4 Å². The van der Waals surface area contributed by atoms with E-state index in [0.29, 0.717) is 0 Å². The minimum atomic E-state index is -1.31. The molecule has 2 aromatic heterocycles. The van der Waals surface area contributed by atoms with Gasteiger partial charge in [-0.1, -0.05) is 84.9 Å². The molecule has 278 valence electrons. The summed E-state index contributed by atoms with van der Waals surface area (Å²) in [7, 11) is 0. The summed E-state index contributed by atoms with van der Waals surface area (Å²) in [6.45, 7) is 3.61. The molecule has 0 bridgehead atoms. The third-order valence-corrected chi connectivity index (χ3v) is 6.60. The van der Waals surface area contributed by atoms with Crippen LogP contribution in [0.4, 0.5) is 0 Å². The molecule has 0 aliphatic heterocycles. The summed E-state index contributed by atoms with van der Waals surface area (Å²) in [6, 6.07) is 41.6. The summed E-state index contributed by atoms with van der Waals surface area (Å²) < 4.78 is 0. The van der Waals surface area contributed by atoms with E-state index in [1.54, 1.807) is 0 Å². The van der Waals surface area contributed by atoms with Gasteiger partial charge in [0, 0.05) is 60.7 Å². The Balaban J connectivity index is 0.000000359. The Kier molecular flexibility index (Phi) is 21.1. The van der Waals surface area contributed by atoms with Gasteiger partial charge in [0.2, 0.25) is 0 Å². The average molecular weight is 906 g/mol. The van der Waals surface area contributed by atoms with Crippen LogP contribution in [0, 0.1) is 0 Å². The summed E-state index contributed by atoms with van der Waals surface area (Å²) in [5, 5.41) is 33.5. The van der Waals surface area contributed by atoms with Gasteiger partial charge in [-0.25, -0.2) is 0 Å². The van der Waals surface area contributed by atoms with Gasteiger partial charge >= 0.3 is 20.1 Å². The fraction of sp³-hybridized carbons (Fsp3) is 0.143. The molecule has 0 aliphatic rings. The molecule has 0 unspecified atom stereocenters. The maximum absolute atomic E-state index is 9.83. The van der Waals surface area contributed by atoms with Crippen molar-refractivity contribution in [2.75, 3.05) is 0 Å². The summed E-state index contributed by atoms with van der Waals surface area (Å²) in [6.07, 6.45) is 2.23. The first-order valence-corrected chi connectivity index (χ1v) is 16.1. The van der Waals surface area contributed by atoms with Crippen molar-refractivity contribution in [1.82, 2.24) is 9.97 Å². The number of carboxylic acid groups (broad SMARTS) is 3. The number of carboxylic acids is 3. The monoisotopic (exact) mass is 906 g/mol. The van der Waals surface area contributed by atoms with Crippen LogP contribution in [0.15, 0.2) is 134 Å². The molecule has 0 radical (unpaired) electrons. The number of hydrogen-bond donors (Lipinski definition) is 0. The van der Waals surface area contributed by atoms with Gasteiger partial charge in [-0.2, -0.15) is 0 Å². The van der Waals surface area contributed by atoms with E-state index in [4.69, 9.17) is 0 Å². The van der Waals surface area contributed by atoms with Gasteiger partial charge in [-0.3, -0.25) is 24.4 Å². The maximum atomic E-state index is 9.83. The Morgan fingerprint density at radius 1 is 0.426 bits per heavy atom. The molecule has 11 nitrogen and oxygen atoms in total. The van der Waals surface area contributed by atoms with Crippen molar-refractivity contribution in [2.24, 2.45) is 0 Å². The number of hydrogen-bond acceptors (Lipinski definition) is 11. The summed E-state index contributed by atoms with van der Waals surface area (Å²) >= 11 is 0. The molecular formula is C42H37IrN2O9. The number of rotatable bonds is 8. The van der Waals surface area contributed by atoms with Gasteiger partial charge in [0.25, 0.3) is 0 Å². The third-order valence-electron chi connectivity index (χ3n) is 6.60. The van der Waals surface area contributed by atoms with Crippen molar-refractivity contribution in [1.29, 1.82) is 0 Å². The molecule has 2 heterocycles. The van der Waals surface area contributed by atoms with Crippen molar-refractivity contribution < 1.29 is 64.2 Å². The van der Waals surface area contributed by atoms with Crippen LogP contribution in [-0.2, 0) is 48.9 Å². The van der Waals surface area contributed by atoms with E-state index < -0.39 is 37.2 Å². The fourth-order valence-electron chi connectivity index (χ4n) is 4.37. The van der Waals surface area contributed by atoms with Crippen molar-refractivity contribution in [3.05, 3.63) is 134 Å². The van der Waals surface area contributed by atoms with Crippen LogP contribution in [0.5, 0.6) is 0 Å². The van der Waals surface area contributed by atoms with Crippen LogP contribution >= 0.6 is 0 Å². The molecule has 0 N–H and O–H groups in total.